The van der Waals surface area contributed by atoms with Gasteiger partial charge in [-0.2, -0.15) is 0 Å². The summed E-state index contributed by atoms with van der Waals surface area (Å²) in [7, 11) is 1.92. The summed E-state index contributed by atoms with van der Waals surface area (Å²) in [4.78, 5) is 67.6. The van der Waals surface area contributed by atoms with Gasteiger partial charge in [-0.05, 0) is 92.8 Å². The molecular weight excluding hydrogens is 787 g/mol. The molecule has 0 radical (unpaired) electrons. The molecule has 2 aromatic carbocycles. The minimum atomic E-state index is -3.91. The van der Waals surface area contributed by atoms with Crippen molar-refractivity contribution in [1.29, 1.82) is 0 Å². The number of likely N-dealkylation sites (N-methyl/N-ethyl adjacent to an activating group) is 1. The fourth-order valence-corrected chi connectivity index (χ4v) is 10.3. The number of rotatable bonds is 8. The van der Waals surface area contributed by atoms with Crippen molar-refractivity contribution in [2.45, 2.75) is 87.8 Å². The average Bonchev–Trinajstić information content (AvgIpc) is 4.15. The average molecular weight is 842 g/mol. The minimum absolute atomic E-state index is 0.00999. The molecule has 8 rings (SSSR count). The normalized spacial score (nSPS) is 28.8. The van der Waals surface area contributed by atoms with Crippen LogP contribution in [-0.4, -0.2) is 112 Å². The number of carbonyl (C=O) groups excluding carboxylic acids is 4. The number of anilines is 2. The van der Waals surface area contributed by atoms with Crippen LogP contribution in [-0.2, 0) is 24.4 Å². The molecule has 3 aliphatic heterocycles. The maximum Gasteiger partial charge on any atom is 0.259 e. The molecule has 7 atom stereocenters. The van der Waals surface area contributed by atoms with Gasteiger partial charge in [0.2, 0.25) is 27.7 Å². The van der Waals surface area contributed by atoms with Crippen molar-refractivity contribution in [3.8, 4) is 11.6 Å². The first-order chi connectivity index (χ1) is 28.6. The Labute approximate surface area is 351 Å². The topological polar surface area (TPSA) is 180 Å². The van der Waals surface area contributed by atoms with E-state index in [9.17, 15) is 22.8 Å². The highest BCUT2D eigenvalue weighted by Gasteiger charge is 2.62. The van der Waals surface area contributed by atoms with Crippen LogP contribution in [0.15, 0.2) is 60.8 Å². The van der Waals surface area contributed by atoms with Gasteiger partial charge in [0.15, 0.2) is 5.75 Å². The van der Waals surface area contributed by atoms with Crippen LogP contribution >= 0.6 is 0 Å². The Morgan fingerprint density at radius 2 is 1.78 bits per heavy atom. The molecule has 0 bridgehead atoms. The number of carbonyl (C=O) groups is 4. The highest BCUT2D eigenvalue weighted by Crippen LogP contribution is 2.46. The molecule has 60 heavy (non-hydrogen) atoms. The van der Waals surface area contributed by atoms with Gasteiger partial charge in [0.05, 0.1) is 24.0 Å². The van der Waals surface area contributed by atoms with Crippen molar-refractivity contribution < 1.29 is 37.1 Å². The zero-order valence-electron chi connectivity index (χ0n) is 34.8. The van der Waals surface area contributed by atoms with Gasteiger partial charge >= 0.3 is 0 Å². The lowest BCUT2D eigenvalue weighted by Crippen LogP contribution is -2.59. The number of pyridine rings is 1. The van der Waals surface area contributed by atoms with Crippen LogP contribution in [0.5, 0.6) is 11.6 Å². The van der Waals surface area contributed by atoms with Crippen LogP contribution in [0, 0.1) is 17.8 Å². The SMILES string of the molecule is CC1CC/C=C\C2CC2(C(=O)NS(=O)(=O)C2CC2)NC(=O)C2CC(Oc3nccc4c5c(ccc34)N(C)CCO5)CN2C(=O)C(NC(=O)c2ccc(N(C)C)cc2)C(C)C1. The maximum absolute atomic E-state index is 15.1. The lowest BCUT2D eigenvalue weighted by atomic mass is 9.87. The van der Waals surface area contributed by atoms with Crippen LogP contribution in [0.2, 0.25) is 0 Å². The second-order valence-electron chi connectivity index (χ2n) is 17.5. The van der Waals surface area contributed by atoms with Crippen LogP contribution < -0.4 is 34.6 Å². The molecule has 3 N–H and O–H groups in total. The van der Waals surface area contributed by atoms with Gasteiger partial charge < -0.3 is 34.8 Å². The molecule has 2 aliphatic carbocycles. The fraction of sp³-hybridized carbons (Fsp3) is 0.523. The van der Waals surface area contributed by atoms with Crippen molar-refractivity contribution in [3.63, 3.8) is 0 Å². The van der Waals surface area contributed by atoms with Gasteiger partial charge in [-0.15, -0.1) is 0 Å². The van der Waals surface area contributed by atoms with E-state index in [1.807, 2.05) is 75.5 Å². The number of aromatic nitrogens is 1. The van der Waals surface area contributed by atoms with Crippen molar-refractivity contribution in [1.82, 2.24) is 25.2 Å². The van der Waals surface area contributed by atoms with E-state index in [2.05, 4.69) is 32.2 Å². The standard InChI is InChI=1S/C44H55N7O8S/c1-26-8-6-7-9-29-24-44(29,43(55)48-60(56,57)32-14-15-32)47-40(53)36-23-31(59-41-34-16-17-35-38(33(34)18-19-45-41)58-21-20-50(35)5)25-51(36)42(54)37(27(2)22-26)46-39(52)28-10-12-30(13-11-28)49(3)4/h7,9-13,16-19,26-27,29,31-32,36-37H,6,8,14-15,20-25H2,1-5H3,(H,46,52)(H,47,53)(H,48,55)/b9-7-. The fourth-order valence-electron chi connectivity index (χ4n) is 8.93. The Hall–Kier alpha value is -5.38. The number of nitrogens with zero attached hydrogens (tertiary/aromatic N) is 4. The van der Waals surface area contributed by atoms with Gasteiger partial charge in [0.1, 0.15) is 30.3 Å². The summed E-state index contributed by atoms with van der Waals surface area (Å²) in [6, 6.07) is 10.7. The first-order valence-electron chi connectivity index (χ1n) is 21.0. The van der Waals surface area contributed by atoms with Gasteiger partial charge in [0, 0.05) is 61.7 Å². The lowest BCUT2D eigenvalue weighted by Gasteiger charge is -2.33. The lowest BCUT2D eigenvalue weighted by molar-refractivity contribution is -0.142. The van der Waals surface area contributed by atoms with Crippen molar-refractivity contribution in [2.75, 3.05) is 50.6 Å². The number of allylic oxidation sites excluding steroid dienone is 1. The van der Waals surface area contributed by atoms with Gasteiger partial charge in [-0.3, -0.25) is 23.9 Å². The van der Waals surface area contributed by atoms with E-state index < -0.39 is 68.5 Å². The van der Waals surface area contributed by atoms with Crippen molar-refractivity contribution >= 4 is 55.8 Å². The highest BCUT2D eigenvalue weighted by molar-refractivity contribution is 7.91. The quantitative estimate of drug-likeness (QED) is 0.281. The zero-order chi connectivity index (χ0) is 42.5. The van der Waals surface area contributed by atoms with E-state index in [-0.39, 0.29) is 31.2 Å². The number of ether oxygens (including phenoxy) is 2. The van der Waals surface area contributed by atoms with Crippen LogP contribution in [0.25, 0.3) is 10.8 Å². The predicted molar refractivity (Wildman–Crippen MR) is 227 cm³/mol. The third-order valence-electron chi connectivity index (χ3n) is 12.8. The first kappa shape index (κ1) is 41.4. The van der Waals surface area contributed by atoms with Gasteiger partial charge in [-0.25, -0.2) is 13.4 Å². The summed E-state index contributed by atoms with van der Waals surface area (Å²) in [6.45, 7) is 5.31. The molecule has 1 saturated heterocycles. The monoisotopic (exact) mass is 841 g/mol. The maximum atomic E-state index is 15.1. The molecule has 15 nitrogen and oxygen atoms in total. The van der Waals surface area contributed by atoms with Crippen LogP contribution in [0.4, 0.5) is 11.4 Å². The summed E-state index contributed by atoms with van der Waals surface area (Å²) in [5.41, 5.74) is 0.735. The molecular formula is C44H55N7O8S. The van der Waals surface area contributed by atoms with E-state index in [1.165, 1.54) is 4.90 Å². The Morgan fingerprint density at radius 1 is 1.02 bits per heavy atom. The zero-order valence-corrected chi connectivity index (χ0v) is 35.7. The molecule has 0 spiro atoms. The molecule has 4 heterocycles. The third-order valence-corrected chi connectivity index (χ3v) is 14.6. The number of amides is 4. The Balaban J connectivity index is 1.13. The smallest absolute Gasteiger partial charge is 0.259 e. The Bertz CT molecular complexity index is 2320. The number of hydrogen-bond acceptors (Lipinski definition) is 11. The predicted octanol–water partition coefficient (Wildman–Crippen LogP) is 3.77. The molecule has 320 valence electrons. The van der Waals surface area contributed by atoms with Crippen LogP contribution in [0.1, 0.15) is 69.2 Å². The van der Waals surface area contributed by atoms with Crippen molar-refractivity contribution in [3.05, 3.63) is 66.4 Å². The summed E-state index contributed by atoms with van der Waals surface area (Å²) >= 11 is 0. The Kier molecular flexibility index (Phi) is 11.2. The number of nitrogens with one attached hydrogen (secondary N) is 3. The number of fused-ring (bicyclic) bond motifs is 5. The van der Waals surface area contributed by atoms with Crippen LogP contribution in [0.3, 0.4) is 0 Å². The second kappa shape index (κ2) is 16.2. The summed E-state index contributed by atoms with van der Waals surface area (Å²) in [6.07, 6.45) is 8.08. The molecule has 7 unspecified atom stereocenters. The van der Waals surface area contributed by atoms with E-state index in [1.54, 1.807) is 18.3 Å². The van der Waals surface area contributed by atoms with Gasteiger partial charge in [0.25, 0.3) is 11.8 Å². The minimum Gasteiger partial charge on any atom is -0.489 e. The van der Waals surface area contributed by atoms with E-state index in [0.717, 1.165) is 35.5 Å². The second-order valence-corrected chi connectivity index (χ2v) is 19.5. The Morgan fingerprint density at radius 3 is 2.52 bits per heavy atom. The molecule has 1 aromatic heterocycles. The molecule has 5 aliphatic rings. The van der Waals surface area contributed by atoms with Crippen molar-refractivity contribution in [2.24, 2.45) is 17.8 Å². The molecule has 3 fully saturated rings. The molecule has 16 heteroatoms. The first-order valence-corrected chi connectivity index (χ1v) is 22.6. The van der Waals surface area contributed by atoms with Gasteiger partial charge in [-0.1, -0.05) is 26.0 Å². The summed E-state index contributed by atoms with van der Waals surface area (Å²) in [5.74, 6) is -1.83. The number of sulfonamides is 1. The third kappa shape index (κ3) is 8.22. The largest absolute Gasteiger partial charge is 0.489 e. The summed E-state index contributed by atoms with van der Waals surface area (Å²) in [5, 5.41) is 6.87. The number of hydrogen-bond donors (Lipinski definition) is 3. The van der Waals surface area contributed by atoms with E-state index in [0.29, 0.717) is 49.1 Å². The van der Waals surface area contributed by atoms with E-state index >= 15 is 4.79 Å². The molecule has 4 amide bonds. The highest BCUT2D eigenvalue weighted by atomic mass is 32.2. The molecule has 2 saturated carbocycles. The molecule has 3 aromatic rings. The van der Waals surface area contributed by atoms with E-state index in [4.69, 9.17) is 9.47 Å². The summed E-state index contributed by atoms with van der Waals surface area (Å²) < 4.78 is 40.9. The number of benzene rings is 2.